The van der Waals surface area contributed by atoms with Gasteiger partial charge < -0.3 is 10.1 Å². The molecule has 0 saturated carbocycles. The van der Waals surface area contributed by atoms with Crippen molar-refractivity contribution in [3.63, 3.8) is 0 Å². The van der Waals surface area contributed by atoms with Crippen LogP contribution in [0.1, 0.15) is 22.2 Å². The van der Waals surface area contributed by atoms with E-state index in [1.54, 1.807) is 11.3 Å². The molecule has 2 N–H and O–H groups in total. The zero-order valence-corrected chi connectivity index (χ0v) is 11.2. The average molecular weight is 257 g/mol. The van der Waals surface area contributed by atoms with Crippen LogP contribution in [-0.2, 0) is 5.60 Å². The summed E-state index contributed by atoms with van der Waals surface area (Å²) in [5.74, 6) is 0. The van der Waals surface area contributed by atoms with Crippen molar-refractivity contribution in [2.75, 3.05) is 0 Å². The highest BCUT2D eigenvalue weighted by atomic mass is 32.1. The Morgan fingerprint density at radius 1 is 1.17 bits per heavy atom. The second-order valence-corrected chi connectivity index (χ2v) is 6.05. The van der Waals surface area contributed by atoms with Crippen molar-refractivity contribution in [2.24, 2.45) is 0 Å². The zero-order chi connectivity index (χ0) is 12.8. The van der Waals surface area contributed by atoms with E-state index >= 15 is 0 Å². The number of hydrogen-bond acceptors (Lipinski definition) is 2. The van der Waals surface area contributed by atoms with Crippen LogP contribution in [0.2, 0.25) is 0 Å². The molecule has 2 nitrogen and oxygen atoms in total. The van der Waals surface area contributed by atoms with E-state index in [1.165, 1.54) is 4.88 Å². The lowest BCUT2D eigenvalue weighted by Gasteiger charge is -2.22. The van der Waals surface area contributed by atoms with Gasteiger partial charge in [0.05, 0.1) is 0 Å². The number of hydrogen-bond donors (Lipinski definition) is 2. The predicted molar refractivity (Wildman–Crippen MR) is 76.0 cm³/mol. The number of benzene rings is 1. The molecule has 0 saturated heterocycles. The molecule has 3 heteroatoms. The summed E-state index contributed by atoms with van der Waals surface area (Å²) in [5.41, 5.74) is 1.10. The summed E-state index contributed by atoms with van der Waals surface area (Å²) >= 11 is 1.64. The molecule has 0 aliphatic carbocycles. The van der Waals surface area contributed by atoms with Crippen LogP contribution in [0.25, 0.3) is 10.9 Å². The summed E-state index contributed by atoms with van der Waals surface area (Å²) < 4.78 is 0. The standard InChI is InChI=1S/C15H15NOS/c1-10-3-6-14(18-10)15(2,17)12-4-5-13-11(9-12)7-8-16-13/h3-9,16-17H,1-2H3. The molecule has 1 atom stereocenters. The Kier molecular flexibility index (Phi) is 2.54. The highest BCUT2D eigenvalue weighted by Crippen LogP contribution is 2.34. The fourth-order valence-electron chi connectivity index (χ4n) is 2.19. The average Bonchev–Trinajstić information content (AvgIpc) is 2.96. The molecule has 0 aliphatic heterocycles. The van der Waals surface area contributed by atoms with Crippen molar-refractivity contribution in [3.8, 4) is 0 Å². The van der Waals surface area contributed by atoms with Crippen LogP contribution in [0, 0.1) is 6.92 Å². The van der Waals surface area contributed by atoms with E-state index in [0.717, 1.165) is 21.3 Å². The van der Waals surface area contributed by atoms with Crippen molar-refractivity contribution in [3.05, 3.63) is 57.9 Å². The van der Waals surface area contributed by atoms with Gasteiger partial charge in [-0.3, -0.25) is 0 Å². The molecule has 3 rings (SSSR count). The maximum atomic E-state index is 10.8. The van der Waals surface area contributed by atoms with E-state index < -0.39 is 5.60 Å². The summed E-state index contributed by atoms with van der Waals surface area (Å²) in [7, 11) is 0. The van der Waals surface area contributed by atoms with E-state index in [4.69, 9.17) is 0 Å². The lowest BCUT2D eigenvalue weighted by molar-refractivity contribution is 0.106. The molecule has 1 aromatic carbocycles. The number of H-pyrrole nitrogens is 1. The molecule has 2 heterocycles. The summed E-state index contributed by atoms with van der Waals surface area (Å²) in [4.78, 5) is 5.36. The molecular formula is C15H15NOS. The van der Waals surface area contributed by atoms with Crippen molar-refractivity contribution in [1.82, 2.24) is 4.98 Å². The normalized spacial score (nSPS) is 14.8. The molecule has 2 aromatic heterocycles. The Morgan fingerprint density at radius 3 is 2.72 bits per heavy atom. The smallest absolute Gasteiger partial charge is 0.121 e. The first-order valence-corrected chi connectivity index (χ1v) is 6.76. The highest BCUT2D eigenvalue weighted by Gasteiger charge is 2.27. The minimum absolute atomic E-state index is 0.926. The van der Waals surface area contributed by atoms with Crippen molar-refractivity contribution in [1.29, 1.82) is 0 Å². The molecule has 0 amide bonds. The molecule has 0 fully saturated rings. The number of aromatic nitrogens is 1. The van der Waals surface area contributed by atoms with E-state index in [-0.39, 0.29) is 0 Å². The summed E-state index contributed by atoms with van der Waals surface area (Å²) in [6.45, 7) is 3.91. The van der Waals surface area contributed by atoms with Gasteiger partial charge >= 0.3 is 0 Å². The van der Waals surface area contributed by atoms with Gasteiger partial charge in [0.1, 0.15) is 5.60 Å². The van der Waals surface area contributed by atoms with Crippen LogP contribution in [0.4, 0.5) is 0 Å². The second kappa shape index (κ2) is 3.97. The fraction of sp³-hybridized carbons (Fsp3) is 0.200. The first-order chi connectivity index (χ1) is 8.57. The van der Waals surface area contributed by atoms with Gasteiger partial charge in [-0.05, 0) is 55.1 Å². The molecule has 0 aliphatic rings. The molecule has 0 bridgehead atoms. The maximum absolute atomic E-state index is 10.8. The van der Waals surface area contributed by atoms with Crippen molar-refractivity contribution in [2.45, 2.75) is 19.4 Å². The van der Waals surface area contributed by atoms with Crippen LogP contribution in [0.3, 0.4) is 0 Å². The van der Waals surface area contributed by atoms with Crippen LogP contribution in [0.15, 0.2) is 42.6 Å². The first-order valence-electron chi connectivity index (χ1n) is 5.94. The Bertz CT molecular complexity index is 693. The van der Waals surface area contributed by atoms with Crippen LogP contribution in [0.5, 0.6) is 0 Å². The Balaban J connectivity index is 2.11. The van der Waals surface area contributed by atoms with Gasteiger partial charge in [0, 0.05) is 21.5 Å². The van der Waals surface area contributed by atoms with Crippen LogP contribution < -0.4 is 0 Å². The summed E-state index contributed by atoms with van der Waals surface area (Å²) in [5, 5.41) is 11.9. The molecule has 1 unspecified atom stereocenters. The zero-order valence-electron chi connectivity index (χ0n) is 10.4. The number of rotatable bonds is 2. The molecule has 18 heavy (non-hydrogen) atoms. The second-order valence-electron chi connectivity index (χ2n) is 4.76. The minimum Gasteiger partial charge on any atom is -0.380 e. The van der Waals surface area contributed by atoms with Crippen LogP contribution >= 0.6 is 11.3 Å². The van der Waals surface area contributed by atoms with E-state index in [0.29, 0.717) is 0 Å². The lowest BCUT2D eigenvalue weighted by atomic mass is 9.93. The third kappa shape index (κ3) is 1.76. The number of thiophene rings is 1. The Morgan fingerprint density at radius 2 is 2.00 bits per heavy atom. The molecule has 0 radical (unpaired) electrons. The maximum Gasteiger partial charge on any atom is 0.121 e. The summed E-state index contributed by atoms with van der Waals surface area (Å²) in [6, 6.07) is 12.1. The highest BCUT2D eigenvalue weighted by molar-refractivity contribution is 7.12. The largest absolute Gasteiger partial charge is 0.380 e. The Labute approximate surface area is 110 Å². The van der Waals surface area contributed by atoms with Gasteiger partial charge in [0.15, 0.2) is 0 Å². The number of fused-ring (bicyclic) bond motifs is 1. The third-order valence-corrected chi connectivity index (χ3v) is 4.55. The fourth-order valence-corrected chi connectivity index (χ4v) is 3.13. The predicted octanol–water partition coefficient (Wildman–Crippen LogP) is 3.79. The minimum atomic E-state index is -0.926. The molecular weight excluding hydrogens is 242 g/mol. The van der Waals surface area contributed by atoms with Gasteiger partial charge in [0.2, 0.25) is 0 Å². The van der Waals surface area contributed by atoms with E-state index in [9.17, 15) is 5.11 Å². The lowest BCUT2D eigenvalue weighted by Crippen LogP contribution is -2.21. The molecule has 0 spiro atoms. The van der Waals surface area contributed by atoms with Crippen LogP contribution in [-0.4, -0.2) is 10.1 Å². The van der Waals surface area contributed by atoms with Gasteiger partial charge in [-0.2, -0.15) is 0 Å². The number of aryl methyl sites for hydroxylation is 1. The van der Waals surface area contributed by atoms with E-state index in [2.05, 4.69) is 11.9 Å². The quantitative estimate of drug-likeness (QED) is 0.720. The van der Waals surface area contributed by atoms with Gasteiger partial charge in [0.25, 0.3) is 0 Å². The number of aromatic amines is 1. The monoisotopic (exact) mass is 257 g/mol. The number of nitrogens with one attached hydrogen (secondary N) is 1. The molecule has 92 valence electrons. The first kappa shape index (κ1) is 11.5. The van der Waals surface area contributed by atoms with Gasteiger partial charge in [-0.1, -0.05) is 6.07 Å². The number of aliphatic hydroxyl groups is 1. The van der Waals surface area contributed by atoms with Gasteiger partial charge in [-0.15, -0.1) is 11.3 Å². The Hall–Kier alpha value is -1.58. The molecule has 3 aromatic rings. The third-order valence-electron chi connectivity index (χ3n) is 3.34. The van der Waals surface area contributed by atoms with Crippen molar-refractivity contribution >= 4 is 22.2 Å². The topological polar surface area (TPSA) is 36.0 Å². The SMILES string of the molecule is Cc1ccc(C(C)(O)c2ccc3[nH]ccc3c2)s1. The van der Waals surface area contributed by atoms with Gasteiger partial charge in [-0.25, -0.2) is 0 Å². The van der Waals surface area contributed by atoms with Crippen molar-refractivity contribution < 1.29 is 5.11 Å². The van der Waals surface area contributed by atoms with E-state index in [1.807, 2.05) is 49.5 Å². The summed E-state index contributed by atoms with van der Waals surface area (Å²) in [6.07, 6.45) is 1.92.